The molecule has 4 nitrogen and oxygen atoms in total. The predicted molar refractivity (Wildman–Crippen MR) is 81.1 cm³/mol. The average Bonchev–Trinajstić information content (AvgIpc) is 2.94. The number of para-hydroxylation sites is 1. The van der Waals surface area contributed by atoms with Gasteiger partial charge in [0, 0.05) is 28.4 Å². The zero-order chi connectivity index (χ0) is 14.5. The topological polar surface area (TPSA) is 64.3 Å². The van der Waals surface area contributed by atoms with E-state index in [0.717, 1.165) is 16.2 Å². The van der Waals surface area contributed by atoms with Gasteiger partial charge >= 0.3 is 0 Å². The molecule has 0 radical (unpaired) electrons. The van der Waals surface area contributed by atoms with E-state index in [1.807, 2.05) is 30.3 Å². The van der Waals surface area contributed by atoms with Crippen molar-refractivity contribution in [3.8, 4) is 5.75 Å². The van der Waals surface area contributed by atoms with Gasteiger partial charge in [0.2, 0.25) is 5.91 Å². The minimum atomic E-state index is -0.384. The van der Waals surface area contributed by atoms with Crippen LogP contribution in [0.3, 0.4) is 0 Å². The summed E-state index contributed by atoms with van der Waals surface area (Å²) in [5.41, 5.74) is 6.92. The number of hydrogen-bond donors (Lipinski definition) is 2. The molecule has 106 valence electrons. The summed E-state index contributed by atoms with van der Waals surface area (Å²) in [6.07, 6.45) is 0. The number of nitrogens with two attached hydrogens (primary N) is 1. The number of hydrogen-bond acceptors (Lipinski definition) is 4. The standard InChI is InChI=1S/C15H18N2O2S/c1-10(13-5-3-4-6-14(13)19-2)17-8-12-7-11(9-20-12)15(16)18/h3-7,9-10,17H,8H2,1-2H3,(H2,16,18)/t10-/m0/s1. The van der Waals surface area contributed by atoms with Crippen LogP contribution in [0, 0.1) is 0 Å². The fourth-order valence-electron chi connectivity index (χ4n) is 1.99. The summed E-state index contributed by atoms with van der Waals surface area (Å²) in [6, 6.07) is 9.92. The van der Waals surface area contributed by atoms with Crippen LogP contribution in [0.25, 0.3) is 0 Å². The van der Waals surface area contributed by atoms with Gasteiger partial charge in [0.05, 0.1) is 12.7 Å². The van der Waals surface area contributed by atoms with Gasteiger partial charge in [-0.3, -0.25) is 4.79 Å². The number of carbonyl (C=O) groups excluding carboxylic acids is 1. The fourth-order valence-corrected chi connectivity index (χ4v) is 2.81. The van der Waals surface area contributed by atoms with Crippen molar-refractivity contribution in [1.82, 2.24) is 5.32 Å². The number of ether oxygens (including phenoxy) is 1. The molecule has 0 aliphatic carbocycles. The number of methoxy groups -OCH3 is 1. The highest BCUT2D eigenvalue weighted by Crippen LogP contribution is 2.25. The lowest BCUT2D eigenvalue weighted by molar-refractivity contribution is 0.100. The molecule has 1 amide bonds. The van der Waals surface area contributed by atoms with Gasteiger partial charge in [-0.05, 0) is 19.1 Å². The molecule has 0 fully saturated rings. The Kier molecular flexibility index (Phi) is 4.76. The third kappa shape index (κ3) is 3.37. The summed E-state index contributed by atoms with van der Waals surface area (Å²) < 4.78 is 5.36. The number of primary amides is 1. The van der Waals surface area contributed by atoms with Crippen molar-refractivity contribution < 1.29 is 9.53 Å². The number of carbonyl (C=O) groups is 1. The van der Waals surface area contributed by atoms with Crippen LogP contribution in [0.15, 0.2) is 35.7 Å². The second kappa shape index (κ2) is 6.54. The Bertz CT molecular complexity index is 595. The fraction of sp³-hybridized carbons (Fsp3) is 0.267. The minimum Gasteiger partial charge on any atom is -0.496 e. The third-order valence-electron chi connectivity index (χ3n) is 3.13. The number of benzene rings is 1. The largest absolute Gasteiger partial charge is 0.496 e. The van der Waals surface area contributed by atoms with Gasteiger partial charge in [-0.25, -0.2) is 0 Å². The Labute approximate surface area is 122 Å². The maximum atomic E-state index is 11.0. The van der Waals surface area contributed by atoms with Gasteiger partial charge < -0.3 is 15.8 Å². The number of nitrogens with one attached hydrogen (secondary N) is 1. The highest BCUT2D eigenvalue weighted by Gasteiger charge is 2.11. The van der Waals surface area contributed by atoms with Gasteiger partial charge in [-0.15, -0.1) is 11.3 Å². The van der Waals surface area contributed by atoms with Crippen LogP contribution in [-0.2, 0) is 6.54 Å². The third-order valence-corrected chi connectivity index (χ3v) is 4.06. The van der Waals surface area contributed by atoms with Gasteiger partial charge in [-0.2, -0.15) is 0 Å². The van der Waals surface area contributed by atoms with Crippen molar-refractivity contribution in [3.05, 3.63) is 51.7 Å². The Morgan fingerprint density at radius 2 is 2.20 bits per heavy atom. The van der Waals surface area contributed by atoms with Crippen LogP contribution < -0.4 is 15.8 Å². The molecule has 0 aliphatic rings. The van der Waals surface area contributed by atoms with E-state index in [0.29, 0.717) is 12.1 Å². The monoisotopic (exact) mass is 290 g/mol. The highest BCUT2D eigenvalue weighted by molar-refractivity contribution is 7.10. The van der Waals surface area contributed by atoms with Crippen molar-refractivity contribution in [2.45, 2.75) is 19.5 Å². The quantitative estimate of drug-likeness (QED) is 0.859. The van der Waals surface area contributed by atoms with Gasteiger partial charge in [0.25, 0.3) is 0 Å². The molecule has 5 heteroatoms. The molecule has 3 N–H and O–H groups in total. The average molecular weight is 290 g/mol. The minimum absolute atomic E-state index is 0.158. The summed E-state index contributed by atoms with van der Waals surface area (Å²) in [5.74, 6) is 0.488. The Balaban J connectivity index is 2.00. The Morgan fingerprint density at radius 3 is 2.85 bits per heavy atom. The molecule has 1 aromatic carbocycles. The summed E-state index contributed by atoms with van der Waals surface area (Å²) >= 11 is 1.53. The predicted octanol–water partition coefficient (Wildman–Crippen LogP) is 2.71. The van der Waals surface area contributed by atoms with Gasteiger partial charge in [-0.1, -0.05) is 18.2 Å². The zero-order valence-corrected chi connectivity index (χ0v) is 12.4. The summed E-state index contributed by atoms with van der Waals surface area (Å²) in [7, 11) is 1.67. The van der Waals surface area contributed by atoms with Gasteiger partial charge in [0.15, 0.2) is 0 Å². The maximum absolute atomic E-state index is 11.0. The van der Waals surface area contributed by atoms with Crippen molar-refractivity contribution >= 4 is 17.2 Å². The summed E-state index contributed by atoms with van der Waals surface area (Å²) in [6.45, 7) is 2.78. The lowest BCUT2D eigenvalue weighted by atomic mass is 10.1. The second-order valence-electron chi connectivity index (χ2n) is 4.51. The highest BCUT2D eigenvalue weighted by atomic mass is 32.1. The molecule has 1 atom stereocenters. The van der Waals surface area contributed by atoms with Crippen molar-refractivity contribution in [2.24, 2.45) is 5.73 Å². The van der Waals surface area contributed by atoms with E-state index in [-0.39, 0.29) is 11.9 Å². The van der Waals surface area contributed by atoms with E-state index in [9.17, 15) is 4.79 Å². The molecule has 0 unspecified atom stereocenters. The van der Waals surface area contributed by atoms with Crippen molar-refractivity contribution in [3.63, 3.8) is 0 Å². The first-order valence-electron chi connectivity index (χ1n) is 6.35. The number of amides is 1. The number of thiophene rings is 1. The van der Waals surface area contributed by atoms with E-state index in [1.54, 1.807) is 12.5 Å². The van der Waals surface area contributed by atoms with E-state index in [1.165, 1.54) is 11.3 Å². The Morgan fingerprint density at radius 1 is 1.45 bits per heavy atom. The van der Waals surface area contributed by atoms with Crippen LogP contribution in [0.2, 0.25) is 0 Å². The summed E-state index contributed by atoms with van der Waals surface area (Å²) in [5, 5.41) is 5.21. The van der Waals surface area contributed by atoms with Gasteiger partial charge in [0.1, 0.15) is 5.75 Å². The first-order valence-corrected chi connectivity index (χ1v) is 7.23. The molecule has 0 bridgehead atoms. The van der Waals surface area contributed by atoms with Crippen LogP contribution in [0.5, 0.6) is 5.75 Å². The van der Waals surface area contributed by atoms with Crippen LogP contribution >= 0.6 is 11.3 Å². The molecular formula is C15H18N2O2S. The van der Waals surface area contributed by atoms with E-state index in [4.69, 9.17) is 10.5 Å². The Hall–Kier alpha value is -1.85. The lowest BCUT2D eigenvalue weighted by Crippen LogP contribution is -2.18. The summed E-state index contributed by atoms with van der Waals surface area (Å²) in [4.78, 5) is 12.1. The SMILES string of the molecule is COc1ccccc1[C@H](C)NCc1cc(C(N)=O)cs1. The molecule has 2 aromatic rings. The van der Waals surface area contributed by atoms with Crippen molar-refractivity contribution in [2.75, 3.05) is 7.11 Å². The molecule has 0 saturated carbocycles. The van der Waals surface area contributed by atoms with E-state index >= 15 is 0 Å². The van der Waals surface area contributed by atoms with Crippen LogP contribution in [0.1, 0.15) is 33.8 Å². The molecule has 0 saturated heterocycles. The smallest absolute Gasteiger partial charge is 0.249 e. The van der Waals surface area contributed by atoms with E-state index < -0.39 is 0 Å². The molecule has 2 rings (SSSR count). The van der Waals surface area contributed by atoms with Crippen LogP contribution in [0.4, 0.5) is 0 Å². The number of rotatable bonds is 6. The lowest BCUT2D eigenvalue weighted by Gasteiger charge is -2.16. The molecule has 0 aliphatic heterocycles. The normalized spacial score (nSPS) is 12.1. The van der Waals surface area contributed by atoms with E-state index in [2.05, 4.69) is 12.2 Å². The second-order valence-corrected chi connectivity index (χ2v) is 5.51. The molecular weight excluding hydrogens is 272 g/mol. The van der Waals surface area contributed by atoms with Crippen LogP contribution in [-0.4, -0.2) is 13.0 Å². The first kappa shape index (κ1) is 14.6. The zero-order valence-electron chi connectivity index (χ0n) is 11.6. The molecule has 1 heterocycles. The molecule has 0 spiro atoms. The first-order chi connectivity index (χ1) is 9.61. The van der Waals surface area contributed by atoms with Crippen molar-refractivity contribution in [1.29, 1.82) is 0 Å². The maximum Gasteiger partial charge on any atom is 0.249 e. The molecule has 1 aromatic heterocycles. The molecule has 20 heavy (non-hydrogen) atoms.